The van der Waals surface area contributed by atoms with Crippen LogP contribution < -0.4 is 0 Å². The fourth-order valence-corrected chi connectivity index (χ4v) is 4.48. The van der Waals surface area contributed by atoms with Crippen LogP contribution in [0.25, 0.3) is 27.6 Å². The van der Waals surface area contributed by atoms with Gasteiger partial charge in [0.1, 0.15) is 5.82 Å². The molecule has 2 aromatic carbocycles. The molecule has 0 unspecified atom stereocenters. The predicted octanol–water partition coefficient (Wildman–Crippen LogP) is 5.75. The van der Waals surface area contributed by atoms with Crippen LogP contribution in [0.5, 0.6) is 0 Å². The van der Waals surface area contributed by atoms with Crippen molar-refractivity contribution in [1.82, 2.24) is 30.2 Å². The molecule has 0 bridgehead atoms. The lowest BCUT2D eigenvalue weighted by molar-refractivity contribution is 0.791. The van der Waals surface area contributed by atoms with Crippen molar-refractivity contribution in [2.75, 3.05) is 0 Å². The molecule has 0 radical (unpaired) electrons. The standard InChI is InChI=1S/C22H14Cl2N6S/c23-17-8-4-9-18(24)15(17)12-20-25-13-16(21(26-20)19-10-5-11-31-19)22-27-28-29-30(22)14-6-2-1-3-7-14/h1-11,13H,12H2. The number of tetrazole rings is 1. The minimum absolute atomic E-state index is 0.417. The van der Waals surface area contributed by atoms with Crippen molar-refractivity contribution >= 4 is 34.5 Å². The fourth-order valence-electron chi connectivity index (χ4n) is 3.23. The minimum atomic E-state index is 0.417. The maximum Gasteiger partial charge on any atom is 0.190 e. The molecule has 0 aliphatic rings. The Morgan fingerprint density at radius 3 is 2.45 bits per heavy atom. The average Bonchev–Trinajstić information content (AvgIpc) is 3.49. The Balaban J connectivity index is 1.63. The Morgan fingerprint density at radius 2 is 1.71 bits per heavy atom. The number of hydrogen-bond donors (Lipinski definition) is 0. The molecule has 31 heavy (non-hydrogen) atoms. The highest BCUT2D eigenvalue weighted by molar-refractivity contribution is 7.13. The Morgan fingerprint density at radius 1 is 0.903 bits per heavy atom. The summed E-state index contributed by atoms with van der Waals surface area (Å²) in [6.07, 6.45) is 2.17. The van der Waals surface area contributed by atoms with Gasteiger partial charge in [0, 0.05) is 22.7 Å². The van der Waals surface area contributed by atoms with E-state index in [0.29, 0.717) is 28.1 Å². The summed E-state index contributed by atoms with van der Waals surface area (Å²) in [5, 5.41) is 15.5. The first-order chi connectivity index (χ1) is 15.2. The number of benzene rings is 2. The van der Waals surface area contributed by atoms with Crippen LogP contribution in [0, 0.1) is 0 Å². The topological polar surface area (TPSA) is 69.4 Å². The van der Waals surface area contributed by atoms with E-state index >= 15 is 0 Å². The lowest BCUT2D eigenvalue weighted by atomic mass is 10.1. The molecule has 3 heterocycles. The largest absolute Gasteiger partial charge is 0.240 e. The molecule has 0 fully saturated rings. The van der Waals surface area contributed by atoms with E-state index in [0.717, 1.165) is 27.4 Å². The monoisotopic (exact) mass is 464 g/mol. The molecule has 0 spiro atoms. The minimum Gasteiger partial charge on any atom is -0.240 e. The van der Waals surface area contributed by atoms with E-state index in [1.807, 2.05) is 66.0 Å². The van der Waals surface area contributed by atoms with Gasteiger partial charge in [-0.1, -0.05) is 53.5 Å². The molecule has 0 saturated heterocycles. The Hall–Kier alpha value is -3.13. The van der Waals surface area contributed by atoms with Crippen LogP contribution in [0.2, 0.25) is 10.0 Å². The van der Waals surface area contributed by atoms with Gasteiger partial charge in [-0.2, -0.15) is 4.68 Å². The van der Waals surface area contributed by atoms with Crippen molar-refractivity contribution in [3.8, 4) is 27.6 Å². The van der Waals surface area contributed by atoms with Crippen molar-refractivity contribution in [1.29, 1.82) is 0 Å². The zero-order valence-electron chi connectivity index (χ0n) is 16.0. The van der Waals surface area contributed by atoms with Crippen LogP contribution in [0.1, 0.15) is 11.4 Å². The molecular formula is C22H14Cl2N6S. The number of nitrogens with zero attached hydrogens (tertiary/aromatic N) is 6. The number of hydrogen-bond acceptors (Lipinski definition) is 6. The van der Waals surface area contributed by atoms with E-state index in [2.05, 4.69) is 20.5 Å². The molecule has 6 nitrogen and oxygen atoms in total. The second-order valence-electron chi connectivity index (χ2n) is 6.65. The van der Waals surface area contributed by atoms with Gasteiger partial charge >= 0.3 is 0 Å². The van der Waals surface area contributed by atoms with Gasteiger partial charge in [-0.15, -0.1) is 16.4 Å². The van der Waals surface area contributed by atoms with Crippen molar-refractivity contribution < 1.29 is 0 Å². The lowest BCUT2D eigenvalue weighted by Gasteiger charge is -2.11. The van der Waals surface area contributed by atoms with Crippen molar-refractivity contribution in [2.45, 2.75) is 6.42 Å². The molecule has 0 atom stereocenters. The highest BCUT2D eigenvalue weighted by Gasteiger charge is 2.20. The van der Waals surface area contributed by atoms with E-state index in [1.165, 1.54) is 0 Å². The average molecular weight is 465 g/mol. The van der Waals surface area contributed by atoms with Crippen LogP contribution in [0.4, 0.5) is 0 Å². The van der Waals surface area contributed by atoms with E-state index in [-0.39, 0.29) is 0 Å². The summed E-state index contributed by atoms with van der Waals surface area (Å²) < 4.78 is 1.68. The lowest BCUT2D eigenvalue weighted by Crippen LogP contribution is -2.04. The van der Waals surface area contributed by atoms with Crippen LogP contribution in [-0.4, -0.2) is 30.2 Å². The van der Waals surface area contributed by atoms with Crippen molar-refractivity contribution in [2.24, 2.45) is 0 Å². The first-order valence-corrected chi connectivity index (χ1v) is 11.0. The summed E-state index contributed by atoms with van der Waals surface area (Å²) >= 11 is 14.3. The molecule has 0 amide bonds. The first-order valence-electron chi connectivity index (χ1n) is 9.37. The molecule has 5 aromatic rings. The van der Waals surface area contributed by atoms with Gasteiger partial charge in [0.15, 0.2) is 5.82 Å². The third kappa shape index (κ3) is 3.95. The quantitative estimate of drug-likeness (QED) is 0.331. The third-order valence-corrected chi connectivity index (χ3v) is 6.29. The normalized spacial score (nSPS) is 11.0. The van der Waals surface area contributed by atoms with Gasteiger partial charge in [0.25, 0.3) is 0 Å². The van der Waals surface area contributed by atoms with Crippen molar-refractivity contribution in [3.05, 3.63) is 93.7 Å². The zero-order valence-corrected chi connectivity index (χ0v) is 18.3. The molecule has 0 aliphatic heterocycles. The van der Waals surface area contributed by atoms with Crippen molar-refractivity contribution in [3.63, 3.8) is 0 Å². The first kappa shape index (κ1) is 19.8. The Bertz CT molecular complexity index is 1320. The van der Waals surface area contributed by atoms with E-state index in [4.69, 9.17) is 28.2 Å². The zero-order chi connectivity index (χ0) is 21.2. The van der Waals surface area contributed by atoms with Gasteiger partial charge in [-0.05, 0) is 51.7 Å². The summed E-state index contributed by atoms with van der Waals surface area (Å²) in [5.41, 5.74) is 3.15. The van der Waals surface area contributed by atoms with Gasteiger partial charge in [-0.3, -0.25) is 0 Å². The molecular weight excluding hydrogens is 451 g/mol. The SMILES string of the molecule is Clc1cccc(Cl)c1Cc1ncc(-c2nnnn2-c2ccccc2)c(-c2cccs2)n1. The molecule has 5 rings (SSSR count). The second kappa shape index (κ2) is 8.55. The number of aromatic nitrogens is 6. The maximum absolute atomic E-state index is 6.35. The number of thiophene rings is 1. The molecule has 0 N–H and O–H groups in total. The summed E-state index contributed by atoms with van der Waals surface area (Å²) in [7, 11) is 0. The fraction of sp³-hybridized carbons (Fsp3) is 0.0455. The van der Waals surface area contributed by atoms with Crippen LogP contribution in [0.15, 0.2) is 72.2 Å². The van der Waals surface area contributed by atoms with Crippen LogP contribution in [0.3, 0.4) is 0 Å². The van der Waals surface area contributed by atoms with Gasteiger partial charge < -0.3 is 0 Å². The van der Waals surface area contributed by atoms with E-state index < -0.39 is 0 Å². The predicted molar refractivity (Wildman–Crippen MR) is 123 cm³/mol. The maximum atomic E-state index is 6.35. The van der Waals surface area contributed by atoms with Crippen LogP contribution in [-0.2, 0) is 6.42 Å². The molecule has 3 aromatic heterocycles. The molecule has 9 heteroatoms. The molecule has 0 saturated carbocycles. The van der Waals surface area contributed by atoms with Gasteiger partial charge in [0.2, 0.25) is 0 Å². The van der Waals surface area contributed by atoms with Gasteiger partial charge in [-0.25, -0.2) is 9.97 Å². The van der Waals surface area contributed by atoms with Gasteiger partial charge in [0.05, 0.1) is 21.8 Å². The summed E-state index contributed by atoms with van der Waals surface area (Å²) in [4.78, 5) is 10.4. The molecule has 0 aliphatic carbocycles. The van der Waals surface area contributed by atoms with E-state index in [1.54, 1.807) is 22.2 Å². The Labute approximate surface area is 192 Å². The summed E-state index contributed by atoms with van der Waals surface area (Å²) in [5.74, 6) is 1.18. The smallest absolute Gasteiger partial charge is 0.190 e. The summed E-state index contributed by atoms with van der Waals surface area (Å²) in [6, 6.07) is 19.1. The number of rotatable bonds is 5. The van der Waals surface area contributed by atoms with E-state index in [9.17, 15) is 0 Å². The number of halogens is 2. The second-order valence-corrected chi connectivity index (χ2v) is 8.41. The highest BCUT2D eigenvalue weighted by Crippen LogP contribution is 2.33. The van der Waals surface area contributed by atoms with Crippen LogP contribution >= 0.6 is 34.5 Å². The molecule has 152 valence electrons. The third-order valence-electron chi connectivity index (χ3n) is 4.70. The number of para-hydroxylation sites is 1. The highest BCUT2D eigenvalue weighted by atomic mass is 35.5. The summed E-state index contributed by atoms with van der Waals surface area (Å²) in [6.45, 7) is 0. The Kier molecular flexibility index (Phi) is 5.46.